The first-order valence-corrected chi connectivity index (χ1v) is 9.09. The third kappa shape index (κ3) is 10.3. The average molecular weight is 434 g/mol. The molecule has 0 saturated carbocycles. The molecule has 0 radical (unpaired) electrons. The van der Waals surface area contributed by atoms with E-state index in [9.17, 15) is 28.8 Å². The maximum atomic E-state index is 12.4. The molecule has 0 saturated heterocycles. The van der Waals surface area contributed by atoms with Crippen molar-refractivity contribution in [2.24, 2.45) is 17.2 Å². The Balaban J connectivity index is 5.25. The van der Waals surface area contributed by atoms with Gasteiger partial charge in [0.05, 0.1) is 12.5 Å². The van der Waals surface area contributed by atoms with Crippen molar-refractivity contribution in [3.8, 4) is 0 Å². The van der Waals surface area contributed by atoms with Crippen molar-refractivity contribution in [2.75, 3.05) is 5.75 Å². The maximum absolute atomic E-state index is 12.4. The summed E-state index contributed by atoms with van der Waals surface area (Å²) in [5, 5.41) is 15.8. The van der Waals surface area contributed by atoms with E-state index >= 15 is 0 Å². The van der Waals surface area contributed by atoms with Crippen molar-refractivity contribution < 1.29 is 33.9 Å². The third-order valence-electron chi connectivity index (χ3n) is 3.56. The number of amides is 5. The minimum atomic E-state index is -1.52. The summed E-state index contributed by atoms with van der Waals surface area (Å²) in [6.07, 6.45) is -1.24. The van der Waals surface area contributed by atoms with E-state index in [-0.39, 0.29) is 18.6 Å². The van der Waals surface area contributed by atoms with Gasteiger partial charge in [0.1, 0.15) is 18.1 Å². The molecule has 4 unspecified atom stereocenters. The molecule has 0 bridgehead atoms. The van der Waals surface area contributed by atoms with Gasteiger partial charge in [-0.15, -0.1) is 0 Å². The summed E-state index contributed by atoms with van der Waals surface area (Å²) in [5.41, 5.74) is 15.4. The molecule has 0 heterocycles. The monoisotopic (exact) mass is 434 g/mol. The SMILES string of the molecule is CC(N)C(=O)NC(CS)C(=O)NC(CC(N)=O)C(=O)NC(CCC(N)=O)C(=O)O. The van der Waals surface area contributed by atoms with E-state index in [1.54, 1.807) is 0 Å². The minimum Gasteiger partial charge on any atom is -0.480 e. The third-order valence-corrected chi connectivity index (χ3v) is 3.93. The lowest BCUT2D eigenvalue weighted by atomic mass is 10.1. The van der Waals surface area contributed by atoms with Crippen LogP contribution < -0.4 is 33.2 Å². The molecule has 0 aromatic carbocycles. The van der Waals surface area contributed by atoms with Crippen molar-refractivity contribution in [3.05, 3.63) is 0 Å². The van der Waals surface area contributed by atoms with Gasteiger partial charge in [-0.05, 0) is 13.3 Å². The first kappa shape index (κ1) is 26.1. The van der Waals surface area contributed by atoms with Crippen LogP contribution in [0.1, 0.15) is 26.2 Å². The number of thiol groups is 1. The highest BCUT2D eigenvalue weighted by Gasteiger charge is 2.30. The lowest BCUT2D eigenvalue weighted by molar-refractivity contribution is -0.142. The van der Waals surface area contributed by atoms with Crippen LogP contribution in [0.2, 0.25) is 0 Å². The molecule has 0 fully saturated rings. The molecule has 164 valence electrons. The molecule has 29 heavy (non-hydrogen) atoms. The van der Waals surface area contributed by atoms with Crippen LogP contribution in [0.15, 0.2) is 0 Å². The number of nitrogens with one attached hydrogen (secondary N) is 3. The number of carboxylic acid groups (broad SMARTS) is 1. The van der Waals surface area contributed by atoms with Crippen molar-refractivity contribution in [3.63, 3.8) is 0 Å². The lowest BCUT2D eigenvalue weighted by Crippen LogP contribution is -2.58. The average Bonchev–Trinajstić information content (AvgIpc) is 2.60. The van der Waals surface area contributed by atoms with Crippen LogP contribution in [-0.2, 0) is 28.8 Å². The van der Waals surface area contributed by atoms with Crippen molar-refractivity contribution in [1.29, 1.82) is 0 Å². The van der Waals surface area contributed by atoms with Crippen LogP contribution in [0.25, 0.3) is 0 Å². The van der Waals surface area contributed by atoms with E-state index in [0.717, 1.165) is 0 Å². The predicted octanol–water partition coefficient (Wildman–Crippen LogP) is -4.06. The first-order chi connectivity index (χ1) is 13.4. The molecular weight excluding hydrogens is 408 g/mol. The Bertz CT molecular complexity index is 657. The number of aliphatic carboxylic acids is 1. The van der Waals surface area contributed by atoms with Gasteiger partial charge in [-0.1, -0.05) is 0 Å². The summed E-state index contributed by atoms with van der Waals surface area (Å²) in [6.45, 7) is 1.39. The van der Waals surface area contributed by atoms with Gasteiger partial charge in [0.25, 0.3) is 0 Å². The van der Waals surface area contributed by atoms with Crippen LogP contribution in [0, 0.1) is 0 Å². The second-order valence-electron chi connectivity index (χ2n) is 6.17. The number of carbonyl (C=O) groups is 6. The number of hydrogen-bond acceptors (Lipinski definition) is 8. The van der Waals surface area contributed by atoms with E-state index in [2.05, 4.69) is 28.6 Å². The predicted molar refractivity (Wildman–Crippen MR) is 103 cm³/mol. The molecule has 0 aliphatic rings. The molecule has 0 aromatic rings. The normalized spacial score (nSPS) is 14.6. The van der Waals surface area contributed by atoms with Gasteiger partial charge in [0.2, 0.25) is 29.5 Å². The number of carboxylic acids is 1. The van der Waals surface area contributed by atoms with Gasteiger partial charge in [-0.2, -0.15) is 12.6 Å². The Morgan fingerprint density at radius 1 is 0.862 bits per heavy atom. The largest absolute Gasteiger partial charge is 0.480 e. The van der Waals surface area contributed by atoms with E-state index in [1.807, 2.05) is 0 Å². The van der Waals surface area contributed by atoms with Gasteiger partial charge in [-0.3, -0.25) is 24.0 Å². The Labute approximate surface area is 171 Å². The smallest absolute Gasteiger partial charge is 0.326 e. The molecule has 0 aromatic heterocycles. The zero-order valence-corrected chi connectivity index (χ0v) is 16.6. The summed E-state index contributed by atoms with van der Waals surface area (Å²) >= 11 is 3.94. The van der Waals surface area contributed by atoms with Crippen LogP contribution >= 0.6 is 12.6 Å². The van der Waals surface area contributed by atoms with E-state index < -0.39 is 66.1 Å². The summed E-state index contributed by atoms with van der Waals surface area (Å²) in [4.78, 5) is 69.7. The highest BCUT2D eigenvalue weighted by Crippen LogP contribution is 2.02. The van der Waals surface area contributed by atoms with Gasteiger partial charge >= 0.3 is 5.97 Å². The van der Waals surface area contributed by atoms with E-state index in [4.69, 9.17) is 22.3 Å². The summed E-state index contributed by atoms with van der Waals surface area (Å²) in [5.74, 6) is -5.84. The van der Waals surface area contributed by atoms with Crippen LogP contribution in [0.5, 0.6) is 0 Å². The van der Waals surface area contributed by atoms with E-state index in [1.165, 1.54) is 6.92 Å². The van der Waals surface area contributed by atoms with Crippen LogP contribution in [0.3, 0.4) is 0 Å². The van der Waals surface area contributed by atoms with Gasteiger partial charge in [0.15, 0.2) is 0 Å². The van der Waals surface area contributed by atoms with Gasteiger partial charge < -0.3 is 38.3 Å². The number of primary amides is 2. The van der Waals surface area contributed by atoms with Gasteiger partial charge in [0, 0.05) is 12.2 Å². The van der Waals surface area contributed by atoms with Crippen LogP contribution in [-0.4, -0.2) is 70.5 Å². The Hall–Kier alpha value is -2.87. The molecule has 5 amide bonds. The molecule has 10 N–H and O–H groups in total. The van der Waals surface area contributed by atoms with Gasteiger partial charge in [-0.25, -0.2) is 4.79 Å². The Kier molecular flexibility index (Phi) is 11.3. The summed E-state index contributed by atoms with van der Waals surface area (Å²) < 4.78 is 0. The minimum absolute atomic E-state index is 0.147. The van der Waals surface area contributed by atoms with Crippen LogP contribution in [0.4, 0.5) is 0 Å². The maximum Gasteiger partial charge on any atom is 0.326 e. The zero-order valence-electron chi connectivity index (χ0n) is 15.7. The second-order valence-corrected chi connectivity index (χ2v) is 6.53. The van der Waals surface area contributed by atoms with Crippen molar-refractivity contribution in [1.82, 2.24) is 16.0 Å². The molecule has 0 aliphatic heterocycles. The van der Waals surface area contributed by atoms with E-state index in [0.29, 0.717) is 0 Å². The fraction of sp³-hybridized carbons (Fsp3) is 0.600. The summed E-state index contributed by atoms with van der Waals surface area (Å²) in [7, 11) is 0. The molecule has 0 rings (SSSR count). The molecule has 0 aliphatic carbocycles. The number of hydrogen-bond donors (Lipinski definition) is 8. The summed E-state index contributed by atoms with van der Waals surface area (Å²) in [6, 6.07) is -5.09. The highest BCUT2D eigenvalue weighted by atomic mass is 32.1. The first-order valence-electron chi connectivity index (χ1n) is 8.46. The van der Waals surface area contributed by atoms with Crippen molar-refractivity contribution in [2.45, 2.75) is 50.4 Å². The number of rotatable bonds is 13. The number of carbonyl (C=O) groups excluding carboxylic acids is 5. The zero-order chi connectivity index (χ0) is 22.7. The standard InChI is InChI=1S/C15H26N6O7S/c1-6(16)12(24)21-9(5-29)14(26)20-8(4-11(18)23)13(25)19-7(15(27)28)2-3-10(17)22/h6-9,29H,2-5,16H2,1H3,(H2,17,22)(H2,18,23)(H,19,25)(H,20,26)(H,21,24)(H,27,28). The fourth-order valence-electron chi connectivity index (χ4n) is 2.00. The topological polar surface area (TPSA) is 237 Å². The quantitative estimate of drug-likeness (QED) is 0.132. The van der Waals surface area contributed by atoms with Crippen molar-refractivity contribution >= 4 is 48.1 Å². The Morgan fingerprint density at radius 2 is 1.34 bits per heavy atom. The Morgan fingerprint density at radius 3 is 1.76 bits per heavy atom. The molecule has 14 heteroatoms. The molecule has 13 nitrogen and oxygen atoms in total. The molecular formula is C15H26N6O7S. The fourth-order valence-corrected chi connectivity index (χ4v) is 2.25. The second kappa shape index (κ2) is 12.6. The number of nitrogens with two attached hydrogens (primary N) is 3. The lowest BCUT2D eigenvalue weighted by Gasteiger charge is -2.23. The molecule has 4 atom stereocenters. The highest BCUT2D eigenvalue weighted by molar-refractivity contribution is 7.80. The molecule has 0 spiro atoms.